The van der Waals surface area contributed by atoms with Crippen molar-refractivity contribution in [3.05, 3.63) is 35.2 Å². The molecule has 5 N–H and O–H groups in total. The maximum Gasteiger partial charge on any atom is 0.339 e. The summed E-state index contributed by atoms with van der Waals surface area (Å²) < 4.78 is 11.1. The summed E-state index contributed by atoms with van der Waals surface area (Å²) in [6, 6.07) is 3.10. The number of aromatic carboxylic acids is 1. The standard InChI is InChI=1S/C16H22N4O4/c1-8(2)9-5-11(23-4)10(15(21)22)6-12(9)24-13-7-19-16(18)20(3)14(13)17/h5-8,14H,17H2,1-4H3,(H2,18,19)(H,21,22). The van der Waals surface area contributed by atoms with Crippen LogP contribution in [0.15, 0.2) is 29.1 Å². The molecule has 0 spiro atoms. The van der Waals surface area contributed by atoms with E-state index in [1.54, 1.807) is 18.0 Å². The van der Waals surface area contributed by atoms with Crippen molar-refractivity contribution < 1.29 is 19.4 Å². The number of carboxylic acid groups (broad SMARTS) is 1. The molecule has 0 amide bonds. The zero-order valence-electron chi connectivity index (χ0n) is 14.1. The number of likely N-dealkylation sites (N-methyl/N-ethyl adjacent to an activating group) is 1. The first-order valence-electron chi connectivity index (χ1n) is 7.41. The summed E-state index contributed by atoms with van der Waals surface area (Å²) in [6.45, 7) is 3.94. The molecule has 130 valence electrons. The summed E-state index contributed by atoms with van der Waals surface area (Å²) >= 11 is 0. The van der Waals surface area contributed by atoms with E-state index in [0.717, 1.165) is 5.56 Å². The number of hydrogen-bond donors (Lipinski definition) is 3. The lowest BCUT2D eigenvalue weighted by atomic mass is 9.99. The van der Waals surface area contributed by atoms with E-state index in [1.165, 1.54) is 19.4 Å². The van der Waals surface area contributed by atoms with E-state index in [1.807, 2.05) is 13.8 Å². The maximum absolute atomic E-state index is 11.4. The van der Waals surface area contributed by atoms with Gasteiger partial charge in [0.25, 0.3) is 0 Å². The Labute approximate surface area is 140 Å². The fraction of sp³-hybridized carbons (Fsp3) is 0.375. The summed E-state index contributed by atoms with van der Waals surface area (Å²) in [7, 11) is 3.12. The zero-order valence-corrected chi connectivity index (χ0v) is 14.1. The number of benzene rings is 1. The molecule has 0 bridgehead atoms. The van der Waals surface area contributed by atoms with E-state index in [9.17, 15) is 9.90 Å². The summed E-state index contributed by atoms with van der Waals surface area (Å²) in [5.74, 6) is 0.306. The lowest BCUT2D eigenvalue weighted by Gasteiger charge is -2.30. The van der Waals surface area contributed by atoms with Gasteiger partial charge in [-0.3, -0.25) is 0 Å². The number of methoxy groups -OCH3 is 1. The molecular formula is C16H22N4O4. The van der Waals surface area contributed by atoms with Crippen LogP contribution in [0.1, 0.15) is 35.7 Å². The van der Waals surface area contributed by atoms with Crippen LogP contribution in [0.5, 0.6) is 11.5 Å². The van der Waals surface area contributed by atoms with E-state index < -0.39 is 12.1 Å². The first kappa shape index (κ1) is 17.6. The molecule has 1 aliphatic heterocycles. The van der Waals surface area contributed by atoms with Crippen LogP contribution in [0.2, 0.25) is 0 Å². The highest BCUT2D eigenvalue weighted by Gasteiger charge is 2.25. The molecule has 1 aliphatic rings. The third kappa shape index (κ3) is 3.28. The quantitative estimate of drug-likeness (QED) is 0.741. The zero-order chi connectivity index (χ0) is 18.0. The minimum atomic E-state index is -1.10. The van der Waals surface area contributed by atoms with Gasteiger partial charge in [-0.1, -0.05) is 13.8 Å². The van der Waals surface area contributed by atoms with E-state index in [0.29, 0.717) is 11.5 Å². The van der Waals surface area contributed by atoms with Crippen LogP contribution in [0.25, 0.3) is 0 Å². The normalized spacial score (nSPS) is 17.4. The molecule has 8 heteroatoms. The van der Waals surface area contributed by atoms with Gasteiger partial charge in [-0.2, -0.15) is 0 Å². The second kappa shape index (κ2) is 6.79. The second-order valence-corrected chi connectivity index (χ2v) is 5.73. The molecule has 24 heavy (non-hydrogen) atoms. The van der Waals surface area contributed by atoms with Crippen molar-refractivity contribution in [1.82, 2.24) is 4.90 Å². The van der Waals surface area contributed by atoms with Crippen molar-refractivity contribution >= 4 is 11.9 Å². The van der Waals surface area contributed by atoms with Crippen LogP contribution in [0.3, 0.4) is 0 Å². The number of rotatable bonds is 5. The molecule has 0 fully saturated rings. The van der Waals surface area contributed by atoms with Crippen molar-refractivity contribution in [2.45, 2.75) is 25.9 Å². The minimum Gasteiger partial charge on any atom is -0.496 e. The Kier molecular flexibility index (Phi) is 4.99. The monoisotopic (exact) mass is 334 g/mol. The fourth-order valence-corrected chi connectivity index (χ4v) is 2.30. The SMILES string of the molecule is COc1cc(C(C)C)c(OC2=CN=C(N)N(C)C2N)cc1C(=O)O. The Morgan fingerprint density at radius 3 is 2.58 bits per heavy atom. The summed E-state index contributed by atoms with van der Waals surface area (Å²) in [5.41, 5.74) is 12.6. The summed E-state index contributed by atoms with van der Waals surface area (Å²) in [5, 5.41) is 9.36. The molecule has 0 saturated carbocycles. The Hall–Kier alpha value is -2.74. The number of carboxylic acids is 1. The number of nitrogens with two attached hydrogens (primary N) is 2. The van der Waals surface area contributed by atoms with Crippen LogP contribution in [-0.2, 0) is 0 Å². The van der Waals surface area contributed by atoms with Gasteiger partial charge in [0.05, 0.1) is 13.3 Å². The van der Waals surface area contributed by atoms with E-state index in [2.05, 4.69) is 4.99 Å². The van der Waals surface area contributed by atoms with Crippen molar-refractivity contribution in [3.8, 4) is 11.5 Å². The second-order valence-electron chi connectivity index (χ2n) is 5.73. The lowest BCUT2D eigenvalue weighted by molar-refractivity contribution is 0.0692. The van der Waals surface area contributed by atoms with Crippen LogP contribution in [0.4, 0.5) is 0 Å². The Bertz CT molecular complexity index is 712. The first-order chi connectivity index (χ1) is 11.3. The molecular weight excluding hydrogens is 312 g/mol. The van der Waals surface area contributed by atoms with E-state index in [-0.39, 0.29) is 23.2 Å². The average Bonchev–Trinajstić information content (AvgIpc) is 2.54. The Balaban J connectivity index is 2.49. The predicted molar refractivity (Wildman–Crippen MR) is 90.1 cm³/mol. The number of guanidine groups is 1. The van der Waals surface area contributed by atoms with Crippen LogP contribution in [-0.4, -0.2) is 42.3 Å². The average molecular weight is 334 g/mol. The molecule has 1 heterocycles. The highest BCUT2D eigenvalue weighted by atomic mass is 16.5. The maximum atomic E-state index is 11.4. The molecule has 0 aromatic heterocycles. The molecule has 1 atom stereocenters. The molecule has 8 nitrogen and oxygen atoms in total. The van der Waals surface area contributed by atoms with Crippen molar-refractivity contribution in [3.63, 3.8) is 0 Å². The molecule has 1 aromatic carbocycles. The third-order valence-electron chi connectivity index (χ3n) is 3.81. The third-order valence-corrected chi connectivity index (χ3v) is 3.81. The lowest BCUT2D eigenvalue weighted by Crippen LogP contribution is -2.50. The predicted octanol–water partition coefficient (Wildman–Crippen LogP) is 1.28. The van der Waals surface area contributed by atoms with Crippen molar-refractivity contribution in [1.29, 1.82) is 0 Å². The van der Waals surface area contributed by atoms with Gasteiger partial charge in [0.1, 0.15) is 23.2 Å². The first-order valence-corrected chi connectivity index (χ1v) is 7.41. The summed E-state index contributed by atoms with van der Waals surface area (Å²) in [4.78, 5) is 17.0. The number of aliphatic imine (C=N–C) groups is 1. The fourth-order valence-electron chi connectivity index (χ4n) is 2.30. The topological polar surface area (TPSA) is 123 Å². The number of hydrogen-bond acceptors (Lipinski definition) is 7. The van der Waals surface area contributed by atoms with Crippen LogP contribution < -0.4 is 20.9 Å². The van der Waals surface area contributed by atoms with Crippen molar-refractivity contribution in [2.24, 2.45) is 16.5 Å². The van der Waals surface area contributed by atoms with Gasteiger partial charge >= 0.3 is 5.97 Å². The van der Waals surface area contributed by atoms with Gasteiger partial charge in [0.2, 0.25) is 0 Å². The smallest absolute Gasteiger partial charge is 0.339 e. The van der Waals surface area contributed by atoms with Gasteiger partial charge in [0, 0.05) is 12.6 Å². The van der Waals surface area contributed by atoms with Crippen LogP contribution in [0, 0.1) is 0 Å². The van der Waals surface area contributed by atoms with Gasteiger partial charge < -0.3 is 30.9 Å². The number of carbonyl (C=O) groups is 1. The molecule has 0 radical (unpaired) electrons. The molecule has 2 rings (SSSR count). The number of ether oxygens (including phenoxy) is 2. The highest BCUT2D eigenvalue weighted by Crippen LogP contribution is 2.35. The molecule has 1 aromatic rings. The summed E-state index contributed by atoms with van der Waals surface area (Å²) in [6.07, 6.45) is 0.826. The molecule has 0 aliphatic carbocycles. The largest absolute Gasteiger partial charge is 0.496 e. The Morgan fingerprint density at radius 2 is 2.04 bits per heavy atom. The highest BCUT2D eigenvalue weighted by molar-refractivity contribution is 5.91. The molecule has 1 unspecified atom stereocenters. The van der Waals surface area contributed by atoms with Crippen LogP contribution >= 0.6 is 0 Å². The minimum absolute atomic E-state index is 0.0123. The Morgan fingerprint density at radius 1 is 1.38 bits per heavy atom. The van der Waals surface area contributed by atoms with Gasteiger partial charge in [-0.15, -0.1) is 0 Å². The van der Waals surface area contributed by atoms with Gasteiger partial charge in [0.15, 0.2) is 11.7 Å². The van der Waals surface area contributed by atoms with Crippen molar-refractivity contribution in [2.75, 3.05) is 14.2 Å². The van der Waals surface area contributed by atoms with E-state index >= 15 is 0 Å². The van der Waals surface area contributed by atoms with Gasteiger partial charge in [-0.05, 0) is 18.1 Å². The number of nitrogens with zero attached hydrogens (tertiary/aromatic N) is 2. The molecule has 0 saturated heterocycles. The van der Waals surface area contributed by atoms with E-state index in [4.69, 9.17) is 20.9 Å². The van der Waals surface area contributed by atoms with Gasteiger partial charge in [-0.25, -0.2) is 9.79 Å².